The van der Waals surface area contributed by atoms with Crippen LogP contribution in [0.4, 0.5) is 0 Å². The molecule has 0 aromatic heterocycles. The molecule has 8 N–H and O–H groups in total. The van der Waals surface area contributed by atoms with Crippen LogP contribution < -0.4 is 5.73 Å². The predicted octanol–water partition coefficient (Wildman–Crippen LogP) is 1.04. The first-order valence-electron chi connectivity index (χ1n) is 12.1. The van der Waals surface area contributed by atoms with Crippen LogP contribution in [0.2, 0.25) is 0 Å². The molecule has 37 heavy (non-hydrogen) atoms. The molecular weight excluding hydrogens is 486 g/mol. The van der Waals surface area contributed by atoms with Crippen LogP contribution in [0.15, 0.2) is 18.2 Å². The number of phenolic OH excluding ortho intramolecular Hbond substituents is 3. The van der Waals surface area contributed by atoms with E-state index in [1.807, 2.05) is 0 Å². The van der Waals surface area contributed by atoms with Crippen molar-refractivity contribution in [3.05, 3.63) is 51.6 Å². The quantitative estimate of drug-likeness (QED) is 0.246. The highest BCUT2D eigenvalue weighted by Crippen LogP contribution is 2.56. The second-order valence-corrected chi connectivity index (χ2v) is 9.98. The van der Waals surface area contributed by atoms with Crippen molar-refractivity contribution in [2.75, 3.05) is 0 Å². The molecule has 5 rings (SSSR count). The fourth-order valence-electron chi connectivity index (χ4n) is 5.65. The van der Waals surface area contributed by atoms with Crippen LogP contribution in [0.1, 0.15) is 88.3 Å². The highest BCUT2D eigenvalue weighted by molar-refractivity contribution is 6.31. The summed E-state index contributed by atoms with van der Waals surface area (Å²) in [5, 5.41) is 65.4. The first kappa shape index (κ1) is 25.6. The van der Waals surface area contributed by atoms with Crippen molar-refractivity contribution in [3.8, 4) is 17.2 Å². The minimum absolute atomic E-state index is 0.0223. The van der Waals surface area contributed by atoms with Gasteiger partial charge in [0.25, 0.3) is 0 Å². The van der Waals surface area contributed by atoms with Crippen molar-refractivity contribution >= 4 is 11.6 Å². The molecule has 198 valence electrons. The highest BCUT2D eigenvalue weighted by atomic mass is 16.7. The molecule has 0 unspecified atom stereocenters. The van der Waals surface area contributed by atoms with E-state index in [1.54, 1.807) is 13.8 Å². The summed E-state index contributed by atoms with van der Waals surface area (Å²) in [5.74, 6) is -3.69. The first-order valence-corrected chi connectivity index (χ1v) is 12.1. The molecule has 11 heteroatoms. The number of carbonyl (C=O) groups is 2. The third kappa shape index (κ3) is 3.65. The molecule has 3 aliphatic rings. The Balaban J connectivity index is 1.69. The first-order chi connectivity index (χ1) is 17.4. The Morgan fingerprint density at radius 3 is 2.35 bits per heavy atom. The number of hydrogen-bond acceptors (Lipinski definition) is 11. The Hall–Kier alpha value is -3.06. The van der Waals surface area contributed by atoms with Gasteiger partial charge in [0, 0.05) is 35.6 Å². The van der Waals surface area contributed by atoms with Gasteiger partial charge in [-0.15, -0.1) is 0 Å². The number of aromatic hydroxyl groups is 3. The summed E-state index contributed by atoms with van der Waals surface area (Å²) >= 11 is 0. The van der Waals surface area contributed by atoms with E-state index >= 15 is 0 Å². The molecule has 1 aliphatic heterocycles. The maximum absolute atomic E-state index is 13.4. The molecule has 0 bridgehead atoms. The molecule has 7 atom stereocenters. The minimum atomic E-state index is -1.82. The van der Waals surface area contributed by atoms with E-state index in [2.05, 4.69) is 0 Å². The van der Waals surface area contributed by atoms with Crippen molar-refractivity contribution in [2.24, 2.45) is 5.73 Å². The van der Waals surface area contributed by atoms with Crippen LogP contribution in [-0.4, -0.2) is 72.3 Å². The summed E-state index contributed by atoms with van der Waals surface area (Å²) in [4.78, 5) is 26.7. The monoisotopic (exact) mass is 515 g/mol. The molecule has 0 saturated carbocycles. The molecule has 1 heterocycles. The molecule has 1 saturated heterocycles. The maximum Gasteiger partial charge on any atom is 0.202 e. The van der Waals surface area contributed by atoms with Gasteiger partial charge >= 0.3 is 0 Å². The summed E-state index contributed by atoms with van der Waals surface area (Å²) in [6, 6.07) is 3.20. The Morgan fingerprint density at radius 2 is 1.70 bits per heavy atom. The molecule has 1 fully saturated rings. The lowest BCUT2D eigenvalue weighted by Crippen LogP contribution is -2.52. The van der Waals surface area contributed by atoms with Crippen molar-refractivity contribution in [3.63, 3.8) is 0 Å². The topological polar surface area (TPSA) is 200 Å². The van der Waals surface area contributed by atoms with E-state index in [0.29, 0.717) is 0 Å². The van der Waals surface area contributed by atoms with E-state index in [1.165, 1.54) is 18.2 Å². The van der Waals surface area contributed by atoms with Crippen molar-refractivity contribution in [1.82, 2.24) is 0 Å². The van der Waals surface area contributed by atoms with Gasteiger partial charge in [0.1, 0.15) is 23.4 Å². The predicted molar refractivity (Wildman–Crippen MR) is 126 cm³/mol. The molecule has 2 aliphatic carbocycles. The summed E-state index contributed by atoms with van der Waals surface area (Å²) < 4.78 is 11.8. The number of benzene rings is 2. The second kappa shape index (κ2) is 8.76. The van der Waals surface area contributed by atoms with Crippen molar-refractivity contribution < 1.29 is 49.7 Å². The van der Waals surface area contributed by atoms with E-state index in [9.17, 15) is 40.2 Å². The number of fused-ring (bicyclic) bond motifs is 3. The lowest BCUT2D eigenvalue weighted by atomic mass is 9.70. The number of carbonyl (C=O) groups excluding carboxylic acids is 2. The number of nitrogens with two attached hydrogens (primary N) is 1. The van der Waals surface area contributed by atoms with Crippen molar-refractivity contribution in [2.45, 2.75) is 75.5 Å². The summed E-state index contributed by atoms with van der Waals surface area (Å²) in [6.45, 7) is 3.22. The van der Waals surface area contributed by atoms with Crippen LogP contribution >= 0.6 is 0 Å². The van der Waals surface area contributed by atoms with Gasteiger partial charge in [-0.25, -0.2) is 0 Å². The number of hydrogen-bond donors (Lipinski definition) is 7. The molecule has 2 aromatic rings. The molecule has 0 spiro atoms. The third-order valence-corrected chi connectivity index (χ3v) is 7.81. The highest BCUT2D eigenvalue weighted by Gasteiger charge is 2.51. The van der Waals surface area contributed by atoms with Gasteiger partial charge in [0.2, 0.25) is 5.78 Å². The molecule has 2 aromatic carbocycles. The summed E-state index contributed by atoms with van der Waals surface area (Å²) in [5.41, 5.74) is 2.09. The van der Waals surface area contributed by atoms with Gasteiger partial charge in [-0.1, -0.05) is 19.1 Å². The van der Waals surface area contributed by atoms with Gasteiger partial charge in [-0.3, -0.25) is 9.59 Å². The number of rotatable bonds is 3. The van der Waals surface area contributed by atoms with Gasteiger partial charge in [0.05, 0.1) is 40.6 Å². The lowest BCUT2D eigenvalue weighted by Gasteiger charge is -2.44. The normalized spacial score (nSPS) is 33.0. The zero-order valence-corrected chi connectivity index (χ0v) is 20.2. The fourth-order valence-corrected chi connectivity index (χ4v) is 5.65. The SMILES string of the molecule is CC[C@@]1(O)C[C@H](O[C@H]2C[C@@H](N)[C@@H](O)[C@@H](C)O2)c2c(O)c3c(c(O)c2[C@H]1O)C(=O)c1cccc(O)c1C3=O. The van der Waals surface area contributed by atoms with E-state index in [-0.39, 0.29) is 41.5 Å². The molecule has 0 radical (unpaired) electrons. The van der Waals surface area contributed by atoms with Gasteiger partial charge in [0.15, 0.2) is 12.1 Å². The van der Waals surface area contributed by atoms with Gasteiger partial charge in [-0.2, -0.15) is 0 Å². The second-order valence-electron chi connectivity index (χ2n) is 9.98. The van der Waals surface area contributed by atoms with E-state index in [4.69, 9.17) is 15.2 Å². The van der Waals surface area contributed by atoms with Crippen LogP contribution in [0, 0.1) is 0 Å². The number of aliphatic hydroxyl groups is 3. The molecular formula is C26H29NO10. The lowest BCUT2D eigenvalue weighted by molar-refractivity contribution is -0.252. The Morgan fingerprint density at radius 1 is 1.05 bits per heavy atom. The van der Waals surface area contributed by atoms with Gasteiger partial charge < -0.3 is 45.8 Å². The smallest absolute Gasteiger partial charge is 0.202 e. The van der Waals surface area contributed by atoms with Crippen molar-refractivity contribution in [1.29, 1.82) is 0 Å². The average Bonchev–Trinajstić information content (AvgIpc) is 2.85. The third-order valence-electron chi connectivity index (χ3n) is 7.81. The standard InChI is InChI=1S/C26H29NO10/c1-3-26(35)8-13(37-14-7-11(27)20(29)9(2)36-14)16-19(25(26)34)24(33)17-18(23(16)32)22(31)15-10(21(17)30)5-4-6-12(15)28/h4-6,9,11,13-14,20,25,28-29,32-35H,3,7-8,27H2,1-2H3/t9-,11-,13+,14+,20+,25-,26-/m1/s1. The summed E-state index contributed by atoms with van der Waals surface area (Å²) in [6.07, 6.45) is -5.69. The van der Waals surface area contributed by atoms with E-state index in [0.717, 1.165) is 0 Å². The largest absolute Gasteiger partial charge is 0.507 e. The Bertz CT molecular complexity index is 1300. The van der Waals surface area contributed by atoms with E-state index < -0.39 is 82.3 Å². The molecule has 0 amide bonds. The number of phenols is 3. The van der Waals surface area contributed by atoms with Gasteiger partial charge in [-0.05, 0) is 19.4 Å². The maximum atomic E-state index is 13.4. The Labute approximate surface area is 211 Å². The number of ether oxygens (including phenoxy) is 2. The zero-order valence-electron chi connectivity index (χ0n) is 20.2. The minimum Gasteiger partial charge on any atom is -0.507 e. The van der Waals surface area contributed by atoms with Crippen LogP contribution in [0.3, 0.4) is 0 Å². The zero-order chi connectivity index (χ0) is 27.0. The number of aliphatic hydroxyl groups excluding tert-OH is 2. The van der Waals surface area contributed by atoms with Crippen LogP contribution in [-0.2, 0) is 9.47 Å². The van der Waals surface area contributed by atoms with Crippen LogP contribution in [0.5, 0.6) is 17.2 Å². The molecule has 11 nitrogen and oxygen atoms in total. The Kier molecular flexibility index (Phi) is 6.06. The number of ketones is 2. The average molecular weight is 516 g/mol. The summed E-state index contributed by atoms with van der Waals surface area (Å²) in [7, 11) is 0. The fraction of sp³-hybridized carbons (Fsp3) is 0.462. The van der Waals surface area contributed by atoms with Crippen LogP contribution in [0.25, 0.3) is 0 Å².